The van der Waals surface area contributed by atoms with Gasteiger partial charge in [0.1, 0.15) is 0 Å². The summed E-state index contributed by atoms with van der Waals surface area (Å²) in [6, 6.07) is 0. The van der Waals surface area contributed by atoms with Gasteiger partial charge >= 0.3 is 0 Å². The SMILES string of the molecule is C=CC[C@@H]1C=C[C@@H](O)CO1. The third kappa shape index (κ3) is 1.97. The topological polar surface area (TPSA) is 29.5 Å². The summed E-state index contributed by atoms with van der Waals surface area (Å²) in [5.74, 6) is 0. The minimum absolute atomic E-state index is 0.126. The molecule has 2 heteroatoms. The molecule has 0 saturated heterocycles. The average molecular weight is 140 g/mol. The predicted molar refractivity (Wildman–Crippen MR) is 39.7 cm³/mol. The van der Waals surface area contributed by atoms with Crippen molar-refractivity contribution in [2.24, 2.45) is 0 Å². The van der Waals surface area contributed by atoms with Crippen molar-refractivity contribution in [3.63, 3.8) is 0 Å². The Morgan fingerprint density at radius 3 is 3.00 bits per heavy atom. The summed E-state index contributed by atoms with van der Waals surface area (Å²) < 4.78 is 5.22. The largest absolute Gasteiger partial charge is 0.387 e. The van der Waals surface area contributed by atoms with Crippen molar-refractivity contribution < 1.29 is 9.84 Å². The number of rotatable bonds is 2. The molecule has 0 unspecified atom stereocenters. The van der Waals surface area contributed by atoms with Crippen LogP contribution in [0.2, 0.25) is 0 Å². The molecule has 1 heterocycles. The zero-order valence-corrected chi connectivity index (χ0v) is 5.86. The van der Waals surface area contributed by atoms with Gasteiger partial charge in [-0.3, -0.25) is 0 Å². The molecule has 0 aromatic heterocycles. The molecular weight excluding hydrogens is 128 g/mol. The first kappa shape index (κ1) is 7.51. The number of hydrogen-bond donors (Lipinski definition) is 1. The maximum atomic E-state index is 8.96. The standard InChI is InChI=1S/C8H12O2/c1-2-3-8-5-4-7(9)6-10-8/h2,4-5,7-9H,1,3,6H2/t7-,8-/m1/s1. The molecule has 1 aliphatic heterocycles. The van der Waals surface area contributed by atoms with E-state index in [9.17, 15) is 0 Å². The van der Waals surface area contributed by atoms with Crippen molar-refractivity contribution in [1.29, 1.82) is 0 Å². The Kier molecular flexibility index (Phi) is 2.66. The number of aliphatic hydroxyl groups excluding tert-OH is 1. The summed E-state index contributed by atoms with van der Waals surface area (Å²) in [7, 11) is 0. The fourth-order valence-corrected chi connectivity index (χ4v) is 0.896. The van der Waals surface area contributed by atoms with Gasteiger partial charge in [-0.15, -0.1) is 6.58 Å². The van der Waals surface area contributed by atoms with Crippen LogP contribution in [-0.4, -0.2) is 23.9 Å². The summed E-state index contributed by atoms with van der Waals surface area (Å²) in [4.78, 5) is 0. The zero-order chi connectivity index (χ0) is 7.40. The zero-order valence-electron chi connectivity index (χ0n) is 5.86. The second kappa shape index (κ2) is 3.54. The van der Waals surface area contributed by atoms with E-state index in [4.69, 9.17) is 9.84 Å². The highest BCUT2D eigenvalue weighted by Gasteiger charge is 2.11. The number of aliphatic hydroxyl groups is 1. The molecule has 0 spiro atoms. The second-order valence-corrected chi connectivity index (χ2v) is 2.35. The maximum Gasteiger partial charge on any atom is 0.0955 e. The Morgan fingerprint density at radius 2 is 2.50 bits per heavy atom. The highest BCUT2D eigenvalue weighted by Crippen LogP contribution is 2.08. The predicted octanol–water partition coefficient (Wildman–Crippen LogP) is 0.878. The summed E-state index contributed by atoms with van der Waals surface area (Å²) in [5, 5.41) is 8.96. The smallest absolute Gasteiger partial charge is 0.0955 e. The van der Waals surface area contributed by atoms with E-state index >= 15 is 0 Å². The number of ether oxygens (including phenoxy) is 1. The van der Waals surface area contributed by atoms with Gasteiger partial charge in [0.05, 0.1) is 18.8 Å². The lowest BCUT2D eigenvalue weighted by Gasteiger charge is -2.19. The van der Waals surface area contributed by atoms with Crippen molar-refractivity contribution in [2.75, 3.05) is 6.61 Å². The van der Waals surface area contributed by atoms with E-state index < -0.39 is 6.10 Å². The van der Waals surface area contributed by atoms with Gasteiger partial charge in [0.15, 0.2) is 0 Å². The lowest BCUT2D eigenvalue weighted by molar-refractivity contribution is 0.0168. The van der Waals surface area contributed by atoms with E-state index in [1.165, 1.54) is 0 Å². The first-order valence-electron chi connectivity index (χ1n) is 3.42. The Hall–Kier alpha value is -0.600. The van der Waals surface area contributed by atoms with Crippen LogP contribution in [0.3, 0.4) is 0 Å². The highest BCUT2D eigenvalue weighted by molar-refractivity contribution is 5.00. The molecule has 2 nitrogen and oxygen atoms in total. The van der Waals surface area contributed by atoms with Gasteiger partial charge in [0, 0.05) is 0 Å². The van der Waals surface area contributed by atoms with E-state index in [2.05, 4.69) is 6.58 Å². The Balaban J connectivity index is 2.37. The molecule has 56 valence electrons. The van der Waals surface area contributed by atoms with E-state index in [-0.39, 0.29) is 6.10 Å². The molecule has 0 amide bonds. The Labute approximate surface area is 60.8 Å². The minimum Gasteiger partial charge on any atom is -0.387 e. The van der Waals surface area contributed by atoms with Crippen molar-refractivity contribution in [2.45, 2.75) is 18.6 Å². The fourth-order valence-electron chi connectivity index (χ4n) is 0.896. The molecule has 0 radical (unpaired) electrons. The Bertz CT molecular complexity index is 140. The molecule has 0 aliphatic carbocycles. The van der Waals surface area contributed by atoms with Crippen molar-refractivity contribution in [3.8, 4) is 0 Å². The third-order valence-electron chi connectivity index (χ3n) is 1.43. The van der Waals surface area contributed by atoms with Gasteiger partial charge in [-0.2, -0.15) is 0 Å². The van der Waals surface area contributed by atoms with Crippen LogP contribution in [0.15, 0.2) is 24.8 Å². The molecule has 1 rings (SSSR count). The average Bonchev–Trinajstić information content (AvgIpc) is 1.95. The van der Waals surface area contributed by atoms with E-state index in [1.54, 1.807) is 6.08 Å². The van der Waals surface area contributed by atoms with E-state index in [1.807, 2.05) is 12.2 Å². The third-order valence-corrected chi connectivity index (χ3v) is 1.43. The van der Waals surface area contributed by atoms with Crippen LogP contribution in [0.5, 0.6) is 0 Å². The van der Waals surface area contributed by atoms with Crippen LogP contribution < -0.4 is 0 Å². The maximum absolute atomic E-state index is 8.96. The second-order valence-electron chi connectivity index (χ2n) is 2.35. The summed E-state index contributed by atoms with van der Waals surface area (Å²) in [6.45, 7) is 4.01. The quantitative estimate of drug-likeness (QED) is 0.577. The van der Waals surface area contributed by atoms with Crippen LogP contribution >= 0.6 is 0 Å². The van der Waals surface area contributed by atoms with Gasteiger partial charge < -0.3 is 9.84 Å². The Morgan fingerprint density at radius 1 is 1.70 bits per heavy atom. The molecule has 0 aromatic carbocycles. The van der Waals surface area contributed by atoms with Gasteiger partial charge in [0.25, 0.3) is 0 Å². The van der Waals surface area contributed by atoms with Gasteiger partial charge in [0.2, 0.25) is 0 Å². The molecule has 0 saturated carbocycles. The van der Waals surface area contributed by atoms with Crippen molar-refractivity contribution in [3.05, 3.63) is 24.8 Å². The highest BCUT2D eigenvalue weighted by atomic mass is 16.5. The minimum atomic E-state index is -0.416. The summed E-state index contributed by atoms with van der Waals surface area (Å²) in [6.07, 6.45) is 5.98. The molecular formula is C8H12O2. The molecule has 10 heavy (non-hydrogen) atoms. The monoisotopic (exact) mass is 140 g/mol. The van der Waals surface area contributed by atoms with Crippen LogP contribution in [0.25, 0.3) is 0 Å². The molecule has 1 N–H and O–H groups in total. The van der Waals surface area contributed by atoms with Gasteiger partial charge in [-0.1, -0.05) is 18.2 Å². The molecule has 2 atom stereocenters. The first-order valence-corrected chi connectivity index (χ1v) is 3.42. The van der Waals surface area contributed by atoms with Crippen molar-refractivity contribution >= 4 is 0 Å². The first-order chi connectivity index (χ1) is 4.83. The van der Waals surface area contributed by atoms with E-state index in [0.29, 0.717) is 6.61 Å². The van der Waals surface area contributed by atoms with Crippen LogP contribution in [0.1, 0.15) is 6.42 Å². The molecule has 0 fully saturated rings. The molecule has 1 aliphatic rings. The lowest BCUT2D eigenvalue weighted by Crippen LogP contribution is -2.23. The molecule has 0 aromatic rings. The number of hydrogen-bond acceptors (Lipinski definition) is 2. The fraction of sp³-hybridized carbons (Fsp3) is 0.500. The normalized spacial score (nSPS) is 32.1. The lowest BCUT2D eigenvalue weighted by atomic mass is 10.1. The van der Waals surface area contributed by atoms with Crippen LogP contribution in [-0.2, 0) is 4.74 Å². The van der Waals surface area contributed by atoms with Crippen molar-refractivity contribution in [1.82, 2.24) is 0 Å². The van der Waals surface area contributed by atoms with E-state index in [0.717, 1.165) is 6.42 Å². The summed E-state index contributed by atoms with van der Waals surface area (Å²) in [5.41, 5.74) is 0. The van der Waals surface area contributed by atoms with Crippen LogP contribution in [0.4, 0.5) is 0 Å². The van der Waals surface area contributed by atoms with Gasteiger partial charge in [-0.25, -0.2) is 0 Å². The summed E-state index contributed by atoms with van der Waals surface area (Å²) >= 11 is 0. The van der Waals surface area contributed by atoms with Crippen LogP contribution in [0, 0.1) is 0 Å². The molecule has 0 bridgehead atoms. The van der Waals surface area contributed by atoms with Gasteiger partial charge in [-0.05, 0) is 6.42 Å².